The van der Waals surface area contributed by atoms with Crippen molar-refractivity contribution < 1.29 is 4.39 Å². The summed E-state index contributed by atoms with van der Waals surface area (Å²) in [4.78, 5) is 0. The molecule has 0 atom stereocenters. The van der Waals surface area contributed by atoms with Crippen LogP contribution in [0.5, 0.6) is 0 Å². The number of hydrogen-bond acceptors (Lipinski definition) is 1. The molecule has 0 bridgehead atoms. The van der Waals surface area contributed by atoms with Crippen LogP contribution < -0.4 is 5.32 Å². The first-order valence-electron chi connectivity index (χ1n) is 4.55. The molecule has 1 aromatic rings. The highest BCUT2D eigenvalue weighted by Crippen LogP contribution is 2.38. The molecule has 0 aliphatic carbocycles. The SMILES string of the molecule is Cc1cc(F)c2c(c1)C(C)(C)CN2. The molecule has 0 saturated carbocycles. The smallest absolute Gasteiger partial charge is 0.146 e. The van der Waals surface area contributed by atoms with Gasteiger partial charge in [-0.1, -0.05) is 19.9 Å². The van der Waals surface area contributed by atoms with E-state index in [1.165, 1.54) is 0 Å². The lowest BCUT2D eigenvalue weighted by Gasteiger charge is -2.17. The number of fused-ring (bicyclic) bond motifs is 1. The molecule has 0 fully saturated rings. The molecule has 2 heteroatoms. The van der Waals surface area contributed by atoms with Crippen molar-refractivity contribution in [3.63, 3.8) is 0 Å². The molecular formula is C11H14FN. The summed E-state index contributed by atoms with van der Waals surface area (Å²) < 4.78 is 13.4. The normalized spacial score (nSPS) is 18.2. The van der Waals surface area contributed by atoms with Crippen LogP contribution in [0.2, 0.25) is 0 Å². The average Bonchev–Trinajstić information content (AvgIpc) is 2.28. The van der Waals surface area contributed by atoms with E-state index in [0.717, 1.165) is 17.7 Å². The Kier molecular flexibility index (Phi) is 1.62. The van der Waals surface area contributed by atoms with E-state index in [9.17, 15) is 4.39 Å². The Hall–Kier alpha value is -1.05. The zero-order chi connectivity index (χ0) is 9.64. The van der Waals surface area contributed by atoms with Crippen molar-refractivity contribution in [2.75, 3.05) is 11.9 Å². The number of rotatable bonds is 0. The second-order valence-electron chi connectivity index (χ2n) is 4.41. The van der Waals surface area contributed by atoms with Gasteiger partial charge in [-0.2, -0.15) is 0 Å². The first kappa shape index (κ1) is 8.54. The van der Waals surface area contributed by atoms with Crippen molar-refractivity contribution in [2.24, 2.45) is 0 Å². The van der Waals surface area contributed by atoms with Crippen LogP contribution in [0, 0.1) is 12.7 Å². The average molecular weight is 179 g/mol. The Morgan fingerprint density at radius 1 is 1.38 bits per heavy atom. The quantitative estimate of drug-likeness (QED) is 0.645. The molecule has 70 valence electrons. The number of aryl methyl sites for hydroxylation is 1. The maximum atomic E-state index is 13.4. The van der Waals surface area contributed by atoms with E-state index in [-0.39, 0.29) is 11.2 Å². The lowest BCUT2D eigenvalue weighted by Crippen LogP contribution is -2.18. The van der Waals surface area contributed by atoms with Gasteiger partial charge in [0, 0.05) is 12.0 Å². The van der Waals surface area contributed by atoms with Gasteiger partial charge in [-0.15, -0.1) is 0 Å². The second kappa shape index (κ2) is 2.47. The Balaban J connectivity index is 2.65. The second-order valence-corrected chi connectivity index (χ2v) is 4.41. The van der Waals surface area contributed by atoms with Gasteiger partial charge >= 0.3 is 0 Å². The first-order chi connectivity index (χ1) is 6.00. The maximum absolute atomic E-state index is 13.4. The van der Waals surface area contributed by atoms with Gasteiger partial charge in [-0.05, 0) is 24.1 Å². The third-order valence-corrected chi connectivity index (χ3v) is 2.67. The molecule has 1 aromatic carbocycles. The first-order valence-corrected chi connectivity index (χ1v) is 4.55. The van der Waals surface area contributed by atoms with E-state index < -0.39 is 0 Å². The molecule has 2 rings (SSSR count). The molecule has 1 aliphatic heterocycles. The topological polar surface area (TPSA) is 12.0 Å². The lowest BCUT2D eigenvalue weighted by atomic mass is 9.86. The highest BCUT2D eigenvalue weighted by atomic mass is 19.1. The van der Waals surface area contributed by atoms with Gasteiger partial charge < -0.3 is 5.32 Å². The van der Waals surface area contributed by atoms with Crippen LogP contribution in [0.4, 0.5) is 10.1 Å². The van der Waals surface area contributed by atoms with Gasteiger partial charge in [0.2, 0.25) is 0 Å². The third kappa shape index (κ3) is 1.21. The van der Waals surface area contributed by atoms with Crippen LogP contribution in [0.25, 0.3) is 0 Å². The minimum Gasteiger partial charge on any atom is -0.382 e. The minimum absolute atomic E-state index is 0.0577. The van der Waals surface area contributed by atoms with Crippen molar-refractivity contribution in [3.05, 3.63) is 29.1 Å². The Morgan fingerprint density at radius 3 is 2.77 bits per heavy atom. The summed E-state index contributed by atoms with van der Waals surface area (Å²) in [5.41, 5.74) is 2.84. The van der Waals surface area contributed by atoms with E-state index >= 15 is 0 Å². The fraction of sp³-hybridized carbons (Fsp3) is 0.455. The Morgan fingerprint density at radius 2 is 2.08 bits per heavy atom. The number of anilines is 1. The zero-order valence-corrected chi connectivity index (χ0v) is 8.24. The fourth-order valence-electron chi connectivity index (χ4n) is 1.86. The standard InChI is InChI=1S/C11H14FN/c1-7-4-8-10(9(12)5-7)13-6-11(8,2)3/h4-5,13H,6H2,1-3H3. The molecule has 1 heterocycles. The summed E-state index contributed by atoms with van der Waals surface area (Å²) >= 11 is 0. The van der Waals surface area contributed by atoms with Crippen LogP contribution in [0.15, 0.2) is 12.1 Å². The summed E-state index contributed by atoms with van der Waals surface area (Å²) in [5.74, 6) is -0.124. The fourth-order valence-corrected chi connectivity index (χ4v) is 1.86. The van der Waals surface area contributed by atoms with E-state index in [1.54, 1.807) is 6.07 Å². The van der Waals surface area contributed by atoms with Crippen LogP contribution in [-0.4, -0.2) is 6.54 Å². The number of benzene rings is 1. The van der Waals surface area contributed by atoms with Crippen LogP contribution in [0.1, 0.15) is 25.0 Å². The number of hydrogen-bond donors (Lipinski definition) is 1. The summed E-state index contributed by atoms with van der Waals surface area (Å²) in [6.07, 6.45) is 0. The molecule has 1 aliphatic rings. The molecule has 0 aromatic heterocycles. The van der Waals surface area contributed by atoms with Crippen molar-refractivity contribution >= 4 is 5.69 Å². The summed E-state index contributed by atoms with van der Waals surface area (Å²) in [5, 5.41) is 3.11. The van der Waals surface area contributed by atoms with Gasteiger partial charge in [0.05, 0.1) is 5.69 Å². The molecule has 0 unspecified atom stereocenters. The highest BCUT2D eigenvalue weighted by molar-refractivity contribution is 5.61. The molecule has 13 heavy (non-hydrogen) atoms. The molecule has 0 saturated heterocycles. The van der Waals surface area contributed by atoms with Crippen molar-refractivity contribution in [1.29, 1.82) is 0 Å². The molecule has 0 radical (unpaired) electrons. The predicted molar refractivity (Wildman–Crippen MR) is 52.7 cm³/mol. The molecule has 1 N–H and O–H groups in total. The van der Waals surface area contributed by atoms with Gasteiger partial charge in [-0.25, -0.2) is 4.39 Å². The molecule has 1 nitrogen and oxygen atoms in total. The number of halogens is 1. The van der Waals surface area contributed by atoms with Crippen LogP contribution >= 0.6 is 0 Å². The van der Waals surface area contributed by atoms with E-state index in [0.29, 0.717) is 5.69 Å². The molecule has 0 spiro atoms. The van der Waals surface area contributed by atoms with E-state index in [2.05, 4.69) is 25.2 Å². The zero-order valence-electron chi connectivity index (χ0n) is 8.24. The van der Waals surface area contributed by atoms with Gasteiger partial charge in [-0.3, -0.25) is 0 Å². The van der Waals surface area contributed by atoms with Gasteiger partial charge in [0.25, 0.3) is 0 Å². The van der Waals surface area contributed by atoms with Crippen LogP contribution in [0.3, 0.4) is 0 Å². The Labute approximate surface area is 78.0 Å². The third-order valence-electron chi connectivity index (χ3n) is 2.67. The molecular weight excluding hydrogens is 165 g/mol. The lowest BCUT2D eigenvalue weighted by molar-refractivity contribution is 0.584. The van der Waals surface area contributed by atoms with Gasteiger partial charge in [0.1, 0.15) is 5.82 Å². The van der Waals surface area contributed by atoms with E-state index in [1.807, 2.05) is 6.92 Å². The minimum atomic E-state index is -0.124. The van der Waals surface area contributed by atoms with E-state index in [4.69, 9.17) is 0 Å². The maximum Gasteiger partial charge on any atom is 0.146 e. The van der Waals surface area contributed by atoms with Crippen molar-refractivity contribution in [3.8, 4) is 0 Å². The van der Waals surface area contributed by atoms with Gasteiger partial charge in [0.15, 0.2) is 0 Å². The highest BCUT2D eigenvalue weighted by Gasteiger charge is 2.31. The summed E-state index contributed by atoms with van der Waals surface area (Å²) in [6, 6.07) is 3.64. The van der Waals surface area contributed by atoms with Crippen molar-refractivity contribution in [2.45, 2.75) is 26.2 Å². The predicted octanol–water partition coefficient (Wildman–Crippen LogP) is 2.84. The Bertz CT molecular complexity index is 355. The summed E-state index contributed by atoms with van der Waals surface area (Å²) in [6.45, 7) is 7.01. The summed E-state index contributed by atoms with van der Waals surface area (Å²) in [7, 11) is 0. The van der Waals surface area contributed by atoms with Crippen LogP contribution in [-0.2, 0) is 5.41 Å². The number of nitrogens with one attached hydrogen (secondary N) is 1. The molecule has 0 amide bonds. The largest absolute Gasteiger partial charge is 0.382 e. The van der Waals surface area contributed by atoms with Crippen molar-refractivity contribution in [1.82, 2.24) is 0 Å². The monoisotopic (exact) mass is 179 g/mol.